The number of aromatic nitrogens is 1. The monoisotopic (exact) mass is 187 g/mol. The van der Waals surface area contributed by atoms with Gasteiger partial charge in [-0.15, -0.1) is 11.3 Å². The molecule has 11 heavy (non-hydrogen) atoms. The Labute approximate surface area is 74.8 Å². The summed E-state index contributed by atoms with van der Waals surface area (Å²) in [5, 5.41) is 8.46. The Morgan fingerprint density at radius 2 is 2.64 bits per heavy atom. The predicted molar refractivity (Wildman–Crippen MR) is 50.6 cm³/mol. The summed E-state index contributed by atoms with van der Waals surface area (Å²) >= 11 is 6.47. The van der Waals surface area contributed by atoms with Gasteiger partial charge >= 0.3 is 0 Å². The molecule has 0 aliphatic heterocycles. The third-order valence-corrected chi connectivity index (χ3v) is 2.12. The van der Waals surface area contributed by atoms with Crippen molar-refractivity contribution in [2.75, 3.05) is 7.05 Å². The molecule has 1 rings (SSSR count). The molecule has 0 radical (unpaired) electrons. The highest BCUT2D eigenvalue weighted by atomic mass is 32.1. The van der Waals surface area contributed by atoms with Gasteiger partial charge in [-0.2, -0.15) is 0 Å². The smallest absolute Gasteiger partial charge is 0.166 e. The number of rotatable bonds is 2. The molecular formula is C6H9N3S2. The van der Waals surface area contributed by atoms with Crippen LogP contribution in [-0.4, -0.2) is 17.1 Å². The Morgan fingerprint density at radius 1 is 1.82 bits per heavy atom. The molecule has 0 aliphatic rings. The fourth-order valence-electron chi connectivity index (χ4n) is 0.584. The largest absolute Gasteiger partial charge is 0.366 e. The highest BCUT2D eigenvalue weighted by molar-refractivity contribution is 7.80. The lowest BCUT2D eigenvalue weighted by atomic mass is 10.5. The second-order valence-electron chi connectivity index (χ2n) is 1.91. The van der Waals surface area contributed by atoms with E-state index < -0.39 is 0 Å². The highest BCUT2D eigenvalue weighted by Crippen LogP contribution is 1.99. The molecule has 3 nitrogen and oxygen atoms in total. The topological polar surface area (TPSA) is 37.0 Å². The van der Waals surface area contributed by atoms with Crippen LogP contribution in [0.4, 0.5) is 0 Å². The van der Waals surface area contributed by atoms with Crippen LogP contribution < -0.4 is 10.6 Å². The van der Waals surface area contributed by atoms with Crippen LogP contribution in [0.5, 0.6) is 0 Å². The van der Waals surface area contributed by atoms with Gasteiger partial charge < -0.3 is 10.6 Å². The van der Waals surface area contributed by atoms with Gasteiger partial charge in [0.2, 0.25) is 0 Å². The lowest BCUT2D eigenvalue weighted by Crippen LogP contribution is -2.31. The average Bonchev–Trinajstić information content (AvgIpc) is 2.52. The lowest BCUT2D eigenvalue weighted by molar-refractivity contribution is 0.865. The molecular weight excluding hydrogens is 178 g/mol. The van der Waals surface area contributed by atoms with E-state index in [1.807, 2.05) is 5.38 Å². The number of thiocarbonyl (C=S) groups is 1. The van der Waals surface area contributed by atoms with Gasteiger partial charge in [0.1, 0.15) is 0 Å². The molecule has 0 aliphatic carbocycles. The zero-order valence-electron chi connectivity index (χ0n) is 6.13. The standard InChI is InChI=1S/C6H9N3S2/c1-7-6(10)8-2-5-3-11-4-9-5/h3-4H,2H2,1H3,(H2,7,8,10). The van der Waals surface area contributed by atoms with Gasteiger partial charge in [-0.25, -0.2) is 4.98 Å². The van der Waals surface area contributed by atoms with Gasteiger partial charge in [-0.3, -0.25) is 0 Å². The Hall–Kier alpha value is -0.680. The number of hydrogen-bond donors (Lipinski definition) is 2. The summed E-state index contributed by atoms with van der Waals surface area (Å²) in [7, 11) is 1.79. The SMILES string of the molecule is CNC(=S)NCc1cscn1. The van der Waals surface area contributed by atoms with Gasteiger partial charge in [-0.05, 0) is 12.2 Å². The van der Waals surface area contributed by atoms with E-state index in [0.29, 0.717) is 11.7 Å². The minimum Gasteiger partial charge on any atom is -0.366 e. The molecule has 1 aromatic rings. The van der Waals surface area contributed by atoms with Crippen molar-refractivity contribution in [2.45, 2.75) is 6.54 Å². The molecule has 0 bridgehead atoms. The van der Waals surface area contributed by atoms with Crippen molar-refractivity contribution in [3.63, 3.8) is 0 Å². The van der Waals surface area contributed by atoms with Crippen molar-refractivity contribution < 1.29 is 0 Å². The Morgan fingerprint density at radius 3 is 3.18 bits per heavy atom. The van der Waals surface area contributed by atoms with Crippen molar-refractivity contribution in [1.82, 2.24) is 15.6 Å². The number of nitrogens with zero attached hydrogens (tertiary/aromatic N) is 1. The summed E-state index contributed by atoms with van der Waals surface area (Å²) in [4.78, 5) is 4.09. The van der Waals surface area contributed by atoms with Crippen molar-refractivity contribution >= 4 is 28.7 Å². The normalized spacial score (nSPS) is 9.18. The fraction of sp³-hybridized carbons (Fsp3) is 0.333. The maximum Gasteiger partial charge on any atom is 0.166 e. The highest BCUT2D eigenvalue weighted by Gasteiger charge is 1.94. The van der Waals surface area contributed by atoms with E-state index >= 15 is 0 Å². The van der Waals surface area contributed by atoms with E-state index in [2.05, 4.69) is 15.6 Å². The van der Waals surface area contributed by atoms with Crippen molar-refractivity contribution in [3.05, 3.63) is 16.6 Å². The number of hydrogen-bond acceptors (Lipinski definition) is 3. The number of thiazole rings is 1. The van der Waals surface area contributed by atoms with Crippen LogP contribution >= 0.6 is 23.6 Å². The van der Waals surface area contributed by atoms with E-state index in [1.54, 1.807) is 23.9 Å². The van der Waals surface area contributed by atoms with Gasteiger partial charge in [-0.1, -0.05) is 0 Å². The van der Waals surface area contributed by atoms with Crippen molar-refractivity contribution in [1.29, 1.82) is 0 Å². The van der Waals surface area contributed by atoms with E-state index in [0.717, 1.165) is 5.69 Å². The molecule has 0 fully saturated rings. The van der Waals surface area contributed by atoms with Crippen LogP contribution in [0.3, 0.4) is 0 Å². The minimum atomic E-state index is 0.651. The molecule has 60 valence electrons. The minimum absolute atomic E-state index is 0.651. The van der Waals surface area contributed by atoms with Crippen LogP contribution in [0.2, 0.25) is 0 Å². The lowest BCUT2D eigenvalue weighted by Gasteiger charge is -2.03. The first-order valence-corrected chi connectivity index (χ1v) is 4.50. The molecule has 2 N–H and O–H groups in total. The van der Waals surface area contributed by atoms with Crippen molar-refractivity contribution in [3.8, 4) is 0 Å². The maximum atomic E-state index is 4.88. The van der Waals surface area contributed by atoms with Gasteiger partial charge in [0.15, 0.2) is 5.11 Å². The van der Waals surface area contributed by atoms with Crippen LogP contribution in [-0.2, 0) is 6.54 Å². The summed E-state index contributed by atoms with van der Waals surface area (Å²) in [6.07, 6.45) is 0. The molecule has 0 saturated carbocycles. The van der Waals surface area contributed by atoms with Gasteiger partial charge in [0.05, 0.1) is 17.7 Å². The first kappa shape index (κ1) is 8.42. The van der Waals surface area contributed by atoms with E-state index in [-0.39, 0.29) is 0 Å². The fourth-order valence-corrected chi connectivity index (χ4v) is 1.21. The second kappa shape index (κ2) is 4.25. The molecule has 1 heterocycles. The molecule has 0 amide bonds. The first-order valence-electron chi connectivity index (χ1n) is 3.15. The van der Waals surface area contributed by atoms with Gasteiger partial charge in [0, 0.05) is 12.4 Å². The van der Waals surface area contributed by atoms with Crippen LogP contribution in [0, 0.1) is 0 Å². The van der Waals surface area contributed by atoms with Crippen molar-refractivity contribution in [2.24, 2.45) is 0 Å². The number of nitrogens with one attached hydrogen (secondary N) is 2. The Balaban J connectivity index is 2.29. The van der Waals surface area contributed by atoms with Crippen LogP contribution in [0.15, 0.2) is 10.9 Å². The van der Waals surface area contributed by atoms with E-state index in [9.17, 15) is 0 Å². The van der Waals surface area contributed by atoms with E-state index in [1.165, 1.54) is 0 Å². The summed E-state index contributed by atoms with van der Waals surface area (Å²) in [6.45, 7) is 0.698. The third-order valence-electron chi connectivity index (χ3n) is 1.14. The summed E-state index contributed by atoms with van der Waals surface area (Å²) in [6, 6.07) is 0. The van der Waals surface area contributed by atoms with Crippen LogP contribution in [0.1, 0.15) is 5.69 Å². The Kier molecular flexibility index (Phi) is 3.25. The summed E-state index contributed by atoms with van der Waals surface area (Å²) in [5.74, 6) is 0. The zero-order valence-corrected chi connectivity index (χ0v) is 7.76. The molecule has 0 unspecified atom stereocenters. The summed E-state index contributed by atoms with van der Waals surface area (Å²) < 4.78 is 0. The molecule has 0 atom stereocenters. The van der Waals surface area contributed by atoms with Gasteiger partial charge in [0.25, 0.3) is 0 Å². The average molecular weight is 187 g/mol. The molecule has 0 aromatic carbocycles. The van der Waals surface area contributed by atoms with Crippen LogP contribution in [0.25, 0.3) is 0 Å². The van der Waals surface area contributed by atoms with E-state index in [4.69, 9.17) is 12.2 Å². The third kappa shape index (κ3) is 2.81. The predicted octanol–water partition coefficient (Wildman–Crippen LogP) is 0.737. The maximum absolute atomic E-state index is 4.88. The summed E-state index contributed by atoms with van der Waals surface area (Å²) in [5.41, 5.74) is 2.83. The zero-order chi connectivity index (χ0) is 8.10. The molecule has 0 spiro atoms. The molecule has 1 aromatic heterocycles. The quantitative estimate of drug-likeness (QED) is 0.670. The molecule has 0 saturated heterocycles. The molecule has 5 heteroatoms. The second-order valence-corrected chi connectivity index (χ2v) is 3.04. The Bertz CT molecular complexity index is 220. The first-order chi connectivity index (χ1) is 5.33.